The normalized spacial score (nSPS) is 10.9. The van der Waals surface area contributed by atoms with Crippen molar-refractivity contribution in [3.8, 4) is 17.1 Å². The zero-order valence-electron chi connectivity index (χ0n) is 16.2. The van der Waals surface area contributed by atoms with Gasteiger partial charge in [-0.15, -0.1) is 0 Å². The molecule has 3 rings (SSSR count). The van der Waals surface area contributed by atoms with Crippen LogP contribution in [0.4, 0.5) is 5.69 Å². The Kier molecular flexibility index (Phi) is 6.48. The van der Waals surface area contributed by atoms with Gasteiger partial charge in [0.05, 0.1) is 16.2 Å². The van der Waals surface area contributed by atoms with Gasteiger partial charge in [-0.25, -0.2) is 5.43 Å². The minimum Gasteiger partial charge on any atom is -0.483 e. The minimum atomic E-state index is -0.513. The maximum Gasteiger partial charge on any atom is 0.277 e. The summed E-state index contributed by atoms with van der Waals surface area (Å²) in [5, 5.41) is 15.1. The van der Waals surface area contributed by atoms with E-state index < -0.39 is 10.8 Å². The standard InChI is InChI=1S/C21H18ClN3O5/c1-13-4-3-5-14(2)21(13)29-12-20(26)24-23-11-16-7-9-19(30-16)17-10-15(25(27)28)6-8-18(17)22/h3-11H,12H2,1-2H3,(H,24,26). The molecule has 0 fully saturated rings. The third-order valence-corrected chi connectivity index (χ3v) is 4.52. The SMILES string of the molecule is Cc1cccc(C)c1OCC(=O)NN=Cc1ccc(-c2cc([N+](=O)[O-])ccc2Cl)o1. The van der Waals surface area contributed by atoms with Crippen molar-refractivity contribution in [2.24, 2.45) is 5.10 Å². The predicted octanol–water partition coefficient (Wildman–Crippen LogP) is 4.65. The van der Waals surface area contributed by atoms with E-state index in [0.717, 1.165) is 11.1 Å². The molecule has 9 heteroatoms. The molecule has 0 unspecified atom stereocenters. The topological polar surface area (TPSA) is 107 Å². The number of hydrazone groups is 1. The van der Waals surface area contributed by atoms with Crippen molar-refractivity contribution in [1.29, 1.82) is 0 Å². The van der Waals surface area contributed by atoms with E-state index in [0.29, 0.717) is 27.9 Å². The third kappa shape index (κ3) is 5.03. The van der Waals surface area contributed by atoms with Gasteiger partial charge < -0.3 is 9.15 Å². The molecule has 0 aliphatic heterocycles. The van der Waals surface area contributed by atoms with Gasteiger partial charge in [-0.05, 0) is 43.2 Å². The Morgan fingerprint density at radius 1 is 1.23 bits per heavy atom. The van der Waals surface area contributed by atoms with Crippen LogP contribution in [0.25, 0.3) is 11.3 Å². The van der Waals surface area contributed by atoms with Crippen LogP contribution < -0.4 is 10.2 Å². The molecular weight excluding hydrogens is 410 g/mol. The molecule has 1 heterocycles. The van der Waals surface area contributed by atoms with Crippen LogP contribution in [0.3, 0.4) is 0 Å². The first-order chi connectivity index (χ1) is 14.3. The van der Waals surface area contributed by atoms with Crippen LogP contribution in [-0.2, 0) is 4.79 Å². The maximum absolute atomic E-state index is 11.9. The molecule has 1 aromatic heterocycles. The number of halogens is 1. The summed E-state index contributed by atoms with van der Waals surface area (Å²) in [4.78, 5) is 22.4. The lowest BCUT2D eigenvalue weighted by Crippen LogP contribution is -2.24. The quantitative estimate of drug-likeness (QED) is 0.335. The van der Waals surface area contributed by atoms with Gasteiger partial charge >= 0.3 is 0 Å². The highest BCUT2D eigenvalue weighted by Crippen LogP contribution is 2.32. The van der Waals surface area contributed by atoms with Gasteiger partial charge in [-0.1, -0.05) is 29.8 Å². The monoisotopic (exact) mass is 427 g/mol. The van der Waals surface area contributed by atoms with E-state index in [4.69, 9.17) is 20.8 Å². The fourth-order valence-electron chi connectivity index (χ4n) is 2.75. The highest BCUT2D eigenvalue weighted by molar-refractivity contribution is 6.33. The average molecular weight is 428 g/mol. The second-order valence-corrected chi connectivity index (χ2v) is 6.83. The van der Waals surface area contributed by atoms with E-state index in [2.05, 4.69) is 10.5 Å². The Hall–Kier alpha value is -3.65. The first-order valence-corrected chi connectivity index (χ1v) is 9.28. The van der Waals surface area contributed by atoms with Crippen LogP contribution in [-0.4, -0.2) is 23.7 Å². The number of ether oxygens (including phenoxy) is 1. The number of non-ortho nitro benzene ring substituents is 1. The van der Waals surface area contributed by atoms with Crippen LogP contribution >= 0.6 is 11.6 Å². The smallest absolute Gasteiger partial charge is 0.277 e. The van der Waals surface area contributed by atoms with Crippen molar-refractivity contribution in [2.75, 3.05) is 6.61 Å². The largest absolute Gasteiger partial charge is 0.483 e. The van der Waals surface area contributed by atoms with Gasteiger partial charge in [0.15, 0.2) is 6.61 Å². The predicted molar refractivity (Wildman–Crippen MR) is 113 cm³/mol. The van der Waals surface area contributed by atoms with Gasteiger partial charge in [0.1, 0.15) is 17.3 Å². The highest BCUT2D eigenvalue weighted by atomic mass is 35.5. The van der Waals surface area contributed by atoms with E-state index in [1.807, 2.05) is 32.0 Å². The van der Waals surface area contributed by atoms with E-state index in [1.54, 1.807) is 12.1 Å². The maximum atomic E-state index is 11.9. The van der Waals surface area contributed by atoms with Crippen LogP contribution in [0.1, 0.15) is 16.9 Å². The number of hydrogen-bond acceptors (Lipinski definition) is 6. The van der Waals surface area contributed by atoms with Crippen molar-refractivity contribution in [3.05, 3.63) is 80.6 Å². The summed E-state index contributed by atoms with van der Waals surface area (Å²) in [6, 6.07) is 13.0. The minimum absolute atomic E-state index is 0.0998. The summed E-state index contributed by atoms with van der Waals surface area (Å²) >= 11 is 6.11. The number of amides is 1. The van der Waals surface area contributed by atoms with Gasteiger partial charge in [-0.2, -0.15) is 5.10 Å². The molecule has 3 aromatic rings. The number of nitrogens with one attached hydrogen (secondary N) is 1. The number of benzene rings is 2. The van der Waals surface area contributed by atoms with Crippen molar-refractivity contribution in [3.63, 3.8) is 0 Å². The molecule has 0 radical (unpaired) electrons. The fourth-order valence-corrected chi connectivity index (χ4v) is 2.96. The van der Waals surface area contributed by atoms with Gasteiger partial charge in [-0.3, -0.25) is 14.9 Å². The molecule has 0 saturated carbocycles. The average Bonchev–Trinajstić information content (AvgIpc) is 3.16. The second kappa shape index (κ2) is 9.23. The number of nitrogens with zero attached hydrogens (tertiary/aromatic N) is 2. The molecule has 0 atom stereocenters. The summed E-state index contributed by atoms with van der Waals surface area (Å²) in [6.07, 6.45) is 1.31. The van der Waals surface area contributed by atoms with Crippen LogP contribution in [0.15, 0.2) is 58.0 Å². The van der Waals surface area contributed by atoms with Crippen molar-refractivity contribution in [1.82, 2.24) is 5.43 Å². The number of carbonyl (C=O) groups is 1. The molecule has 30 heavy (non-hydrogen) atoms. The number of rotatable bonds is 7. The molecular formula is C21H18ClN3O5. The third-order valence-electron chi connectivity index (χ3n) is 4.19. The number of nitro benzene ring substituents is 1. The summed E-state index contributed by atoms with van der Waals surface area (Å²) in [5.41, 5.74) is 4.52. The Labute approximate surface area is 177 Å². The summed E-state index contributed by atoms with van der Waals surface area (Å²) in [5.74, 6) is 0.918. The van der Waals surface area contributed by atoms with Gasteiger partial charge in [0.25, 0.3) is 11.6 Å². The van der Waals surface area contributed by atoms with Crippen molar-refractivity contribution < 1.29 is 18.9 Å². The molecule has 1 N–H and O–H groups in total. The summed E-state index contributed by atoms with van der Waals surface area (Å²) in [7, 11) is 0. The van der Waals surface area contributed by atoms with E-state index in [-0.39, 0.29) is 12.3 Å². The van der Waals surface area contributed by atoms with Crippen molar-refractivity contribution in [2.45, 2.75) is 13.8 Å². The number of nitro groups is 1. The molecule has 2 aromatic carbocycles. The van der Waals surface area contributed by atoms with E-state index >= 15 is 0 Å². The first kappa shape index (κ1) is 21.1. The number of furan rings is 1. The second-order valence-electron chi connectivity index (χ2n) is 6.43. The number of para-hydroxylation sites is 1. The lowest BCUT2D eigenvalue weighted by molar-refractivity contribution is -0.384. The Morgan fingerprint density at radius 3 is 2.67 bits per heavy atom. The number of aryl methyl sites for hydroxylation is 2. The van der Waals surface area contributed by atoms with Gasteiger partial charge in [0.2, 0.25) is 0 Å². The molecule has 154 valence electrons. The number of carbonyl (C=O) groups excluding carboxylic acids is 1. The molecule has 0 spiro atoms. The van der Waals surface area contributed by atoms with Crippen LogP contribution in [0.2, 0.25) is 5.02 Å². The zero-order valence-corrected chi connectivity index (χ0v) is 17.0. The molecule has 0 aliphatic carbocycles. The lowest BCUT2D eigenvalue weighted by Gasteiger charge is -2.10. The lowest BCUT2D eigenvalue weighted by atomic mass is 10.1. The van der Waals surface area contributed by atoms with E-state index in [1.165, 1.54) is 24.4 Å². The van der Waals surface area contributed by atoms with E-state index in [9.17, 15) is 14.9 Å². The Balaban J connectivity index is 1.60. The zero-order chi connectivity index (χ0) is 21.7. The molecule has 0 saturated heterocycles. The molecule has 0 bridgehead atoms. The van der Waals surface area contributed by atoms with Crippen LogP contribution in [0.5, 0.6) is 5.75 Å². The number of hydrogen-bond donors (Lipinski definition) is 1. The summed E-state index contributed by atoms with van der Waals surface area (Å²) in [6.45, 7) is 3.62. The Morgan fingerprint density at radius 2 is 1.97 bits per heavy atom. The highest BCUT2D eigenvalue weighted by Gasteiger charge is 2.14. The van der Waals surface area contributed by atoms with Crippen molar-refractivity contribution >= 4 is 29.4 Å². The molecule has 0 aliphatic rings. The first-order valence-electron chi connectivity index (χ1n) is 8.90. The molecule has 8 nitrogen and oxygen atoms in total. The molecule has 1 amide bonds. The summed E-state index contributed by atoms with van der Waals surface area (Å²) < 4.78 is 11.1. The van der Waals surface area contributed by atoms with Crippen LogP contribution in [0, 0.1) is 24.0 Å². The Bertz CT molecular complexity index is 1100. The fraction of sp³-hybridized carbons (Fsp3) is 0.143. The van der Waals surface area contributed by atoms with Gasteiger partial charge in [0, 0.05) is 17.7 Å².